The summed E-state index contributed by atoms with van der Waals surface area (Å²) >= 11 is 0. The molecule has 1 aromatic heterocycles. The van der Waals surface area contributed by atoms with E-state index < -0.39 is 12.6 Å². The Morgan fingerprint density at radius 1 is 1.44 bits per heavy atom. The molecule has 0 amide bonds. The molecule has 0 aliphatic heterocycles. The van der Waals surface area contributed by atoms with Crippen LogP contribution in [-0.4, -0.2) is 31.0 Å². The van der Waals surface area contributed by atoms with Gasteiger partial charge in [0, 0.05) is 6.54 Å². The van der Waals surface area contributed by atoms with Crippen molar-refractivity contribution in [2.24, 2.45) is 0 Å². The number of alkyl halides is 3. The Hall–Kier alpha value is -1.30. The zero-order chi connectivity index (χ0) is 12.2. The summed E-state index contributed by atoms with van der Waals surface area (Å²) in [7, 11) is 1.56. The molecular formula is C10H12F3NO2. The highest BCUT2D eigenvalue weighted by Crippen LogP contribution is 2.20. The Kier molecular flexibility index (Phi) is 4.12. The number of nitrogens with zero attached hydrogens (tertiary/aromatic N) is 1. The van der Waals surface area contributed by atoms with Crippen molar-refractivity contribution in [2.75, 3.05) is 13.6 Å². The van der Waals surface area contributed by atoms with Gasteiger partial charge in [0.25, 0.3) is 0 Å². The van der Waals surface area contributed by atoms with Gasteiger partial charge in [-0.25, -0.2) is 0 Å². The van der Waals surface area contributed by atoms with Gasteiger partial charge in [-0.2, -0.15) is 13.2 Å². The molecular weight excluding hydrogens is 223 g/mol. The maximum Gasteiger partial charge on any atom is 0.390 e. The molecule has 0 radical (unpaired) electrons. The average Bonchev–Trinajstić information content (AvgIpc) is 2.61. The molecule has 0 bridgehead atoms. The zero-order valence-electron chi connectivity index (χ0n) is 8.75. The Balaban J connectivity index is 2.39. The summed E-state index contributed by atoms with van der Waals surface area (Å²) in [6.07, 6.45) is -4.45. The minimum absolute atomic E-state index is 0.0966. The van der Waals surface area contributed by atoms with Gasteiger partial charge in [-0.3, -0.25) is 9.69 Å². The van der Waals surface area contributed by atoms with Crippen LogP contribution in [0.2, 0.25) is 0 Å². The topological polar surface area (TPSA) is 33.5 Å². The van der Waals surface area contributed by atoms with E-state index in [1.807, 2.05) is 0 Å². The van der Waals surface area contributed by atoms with E-state index in [0.29, 0.717) is 12.0 Å². The number of furan rings is 1. The number of carbonyl (C=O) groups excluding carboxylic acids is 1. The Labute approximate surface area is 90.8 Å². The second-order valence-electron chi connectivity index (χ2n) is 3.52. The summed E-state index contributed by atoms with van der Waals surface area (Å²) in [5.41, 5.74) is 0. The third-order valence-corrected chi connectivity index (χ3v) is 2.00. The second-order valence-corrected chi connectivity index (χ2v) is 3.52. The third-order valence-electron chi connectivity index (χ3n) is 2.00. The third kappa shape index (κ3) is 4.48. The van der Waals surface area contributed by atoms with Crippen molar-refractivity contribution in [3.63, 3.8) is 0 Å². The van der Waals surface area contributed by atoms with Crippen molar-refractivity contribution >= 4 is 6.29 Å². The average molecular weight is 235 g/mol. The molecule has 0 saturated carbocycles. The fraction of sp³-hybridized carbons (Fsp3) is 0.500. The fourth-order valence-electron chi connectivity index (χ4n) is 1.21. The van der Waals surface area contributed by atoms with E-state index in [2.05, 4.69) is 0 Å². The van der Waals surface area contributed by atoms with Gasteiger partial charge in [0.15, 0.2) is 12.0 Å². The Morgan fingerprint density at radius 2 is 2.12 bits per heavy atom. The van der Waals surface area contributed by atoms with Gasteiger partial charge in [-0.05, 0) is 19.2 Å². The van der Waals surface area contributed by atoms with Crippen molar-refractivity contribution in [1.29, 1.82) is 0 Å². The highest BCUT2D eigenvalue weighted by molar-refractivity contribution is 5.70. The molecule has 0 spiro atoms. The molecule has 3 nitrogen and oxygen atoms in total. The predicted molar refractivity (Wildman–Crippen MR) is 51.1 cm³/mol. The van der Waals surface area contributed by atoms with Crippen LogP contribution in [-0.2, 0) is 6.54 Å². The van der Waals surface area contributed by atoms with E-state index >= 15 is 0 Å². The van der Waals surface area contributed by atoms with Crippen molar-refractivity contribution < 1.29 is 22.4 Å². The van der Waals surface area contributed by atoms with E-state index in [9.17, 15) is 18.0 Å². The first-order valence-electron chi connectivity index (χ1n) is 4.70. The zero-order valence-corrected chi connectivity index (χ0v) is 8.75. The number of carbonyl (C=O) groups is 1. The Morgan fingerprint density at radius 3 is 2.62 bits per heavy atom. The van der Waals surface area contributed by atoms with E-state index in [4.69, 9.17) is 4.42 Å². The summed E-state index contributed by atoms with van der Waals surface area (Å²) in [6, 6.07) is 3.06. The Bertz CT molecular complexity index is 346. The molecule has 0 aliphatic carbocycles. The molecule has 0 atom stereocenters. The molecule has 1 rings (SSSR count). The maximum atomic E-state index is 11.9. The van der Waals surface area contributed by atoms with Gasteiger partial charge >= 0.3 is 6.18 Å². The molecule has 6 heteroatoms. The first-order valence-corrected chi connectivity index (χ1v) is 4.70. The highest BCUT2D eigenvalue weighted by atomic mass is 19.4. The van der Waals surface area contributed by atoms with Crippen LogP contribution in [0.15, 0.2) is 16.5 Å². The van der Waals surface area contributed by atoms with Crippen molar-refractivity contribution in [3.05, 3.63) is 23.7 Å². The van der Waals surface area contributed by atoms with Crippen LogP contribution >= 0.6 is 0 Å². The van der Waals surface area contributed by atoms with Gasteiger partial charge < -0.3 is 4.42 Å². The normalized spacial score (nSPS) is 12.1. The molecule has 16 heavy (non-hydrogen) atoms. The van der Waals surface area contributed by atoms with Crippen molar-refractivity contribution in [1.82, 2.24) is 4.90 Å². The smallest absolute Gasteiger partial charge is 0.390 e. The van der Waals surface area contributed by atoms with Crippen LogP contribution in [0.3, 0.4) is 0 Å². The molecule has 0 N–H and O–H groups in total. The molecule has 90 valence electrons. The minimum atomic E-state index is -4.15. The quantitative estimate of drug-likeness (QED) is 0.735. The summed E-state index contributed by atoms with van der Waals surface area (Å²) in [4.78, 5) is 11.8. The minimum Gasteiger partial charge on any atom is -0.457 e. The molecule has 0 unspecified atom stereocenters. The summed E-state index contributed by atoms with van der Waals surface area (Å²) in [6.45, 7) is 0.157. The molecule has 1 heterocycles. The molecule has 0 saturated heterocycles. The van der Waals surface area contributed by atoms with Crippen LogP contribution < -0.4 is 0 Å². The first kappa shape index (κ1) is 12.8. The van der Waals surface area contributed by atoms with Crippen LogP contribution in [0.5, 0.6) is 0 Å². The SMILES string of the molecule is CN(CCC(F)(F)F)Cc1ccc(C=O)o1. The van der Waals surface area contributed by atoms with Crippen molar-refractivity contribution in [2.45, 2.75) is 19.1 Å². The monoisotopic (exact) mass is 235 g/mol. The number of rotatable bonds is 5. The molecule has 0 aromatic carbocycles. The highest BCUT2D eigenvalue weighted by Gasteiger charge is 2.27. The summed E-state index contributed by atoms with van der Waals surface area (Å²) < 4.78 is 40.8. The number of hydrogen-bond acceptors (Lipinski definition) is 3. The standard InChI is InChI=1S/C10H12F3NO2/c1-14(5-4-10(11,12)13)6-8-2-3-9(7-15)16-8/h2-3,7H,4-6H2,1H3. The number of hydrogen-bond donors (Lipinski definition) is 0. The lowest BCUT2D eigenvalue weighted by atomic mass is 10.3. The van der Waals surface area contributed by atoms with Gasteiger partial charge in [0.05, 0.1) is 13.0 Å². The largest absolute Gasteiger partial charge is 0.457 e. The van der Waals surface area contributed by atoms with Crippen LogP contribution in [0.1, 0.15) is 22.7 Å². The van der Waals surface area contributed by atoms with Gasteiger partial charge in [-0.15, -0.1) is 0 Å². The maximum absolute atomic E-state index is 11.9. The van der Waals surface area contributed by atoms with E-state index in [1.54, 1.807) is 13.1 Å². The molecule has 0 fully saturated rings. The van der Waals surface area contributed by atoms with E-state index in [1.165, 1.54) is 11.0 Å². The predicted octanol–water partition coefficient (Wildman–Crippen LogP) is 2.48. The van der Waals surface area contributed by atoms with Gasteiger partial charge in [-0.1, -0.05) is 0 Å². The van der Waals surface area contributed by atoms with Crippen LogP contribution in [0, 0.1) is 0 Å². The van der Waals surface area contributed by atoms with Crippen molar-refractivity contribution in [3.8, 4) is 0 Å². The fourth-order valence-corrected chi connectivity index (χ4v) is 1.21. The number of aldehydes is 1. The van der Waals surface area contributed by atoms with Crippen LogP contribution in [0.25, 0.3) is 0 Å². The number of halogens is 3. The van der Waals surface area contributed by atoms with Crippen LogP contribution in [0.4, 0.5) is 13.2 Å². The lowest BCUT2D eigenvalue weighted by Crippen LogP contribution is -2.23. The van der Waals surface area contributed by atoms with E-state index in [-0.39, 0.29) is 18.8 Å². The molecule has 1 aromatic rings. The van der Waals surface area contributed by atoms with Gasteiger partial charge in [0.1, 0.15) is 5.76 Å². The summed E-state index contributed by atoms with van der Waals surface area (Å²) in [5.74, 6) is 0.658. The second kappa shape index (κ2) is 5.16. The van der Waals surface area contributed by atoms with E-state index in [0.717, 1.165) is 0 Å². The summed E-state index contributed by atoms with van der Waals surface area (Å²) in [5, 5.41) is 0. The first-order chi connectivity index (χ1) is 7.40. The lowest BCUT2D eigenvalue weighted by Gasteiger charge is -2.15. The molecule has 0 aliphatic rings. The van der Waals surface area contributed by atoms with Gasteiger partial charge in [0.2, 0.25) is 0 Å². The lowest BCUT2D eigenvalue weighted by molar-refractivity contribution is -0.137.